The average molecular weight is 262 g/mol. The van der Waals surface area contributed by atoms with E-state index in [1.165, 1.54) is 0 Å². The second-order valence-electron chi connectivity index (χ2n) is 4.73. The van der Waals surface area contributed by atoms with E-state index in [0.29, 0.717) is 12.2 Å². The van der Waals surface area contributed by atoms with Crippen molar-refractivity contribution in [2.75, 3.05) is 5.32 Å². The minimum atomic E-state index is 0.665. The first-order chi connectivity index (χ1) is 9.76. The van der Waals surface area contributed by atoms with E-state index in [1.807, 2.05) is 54.3 Å². The minimum Gasteiger partial charge on any atom is -0.380 e. The number of rotatable bonds is 3. The molecule has 0 radical (unpaired) electrons. The first-order valence-corrected chi connectivity index (χ1v) is 6.40. The summed E-state index contributed by atoms with van der Waals surface area (Å²) >= 11 is 0. The zero-order valence-electron chi connectivity index (χ0n) is 11.2. The topological polar surface area (TPSA) is 53.6 Å². The van der Waals surface area contributed by atoms with E-state index < -0.39 is 0 Å². The van der Waals surface area contributed by atoms with Crippen LogP contribution in [0.5, 0.6) is 0 Å². The molecule has 1 aromatic carbocycles. The van der Waals surface area contributed by atoms with E-state index in [-0.39, 0.29) is 0 Å². The molecule has 0 unspecified atom stereocenters. The third-order valence-corrected chi connectivity index (χ3v) is 3.26. The van der Waals surface area contributed by atoms with Gasteiger partial charge in [0.2, 0.25) is 0 Å². The van der Waals surface area contributed by atoms with Crippen LogP contribution in [-0.4, -0.2) is 9.55 Å². The lowest BCUT2D eigenvalue weighted by atomic mass is 10.2. The first kappa shape index (κ1) is 12.2. The minimum absolute atomic E-state index is 0.665. The smallest absolute Gasteiger partial charge is 0.120 e. The van der Waals surface area contributed by atoms with Gasteiger partial charge in [-0.1, -0.05) is 18.2 Å². The van der Waals surface area contributed by atoms with Gasteiger partial charge in [0.05, 0.1) is 17.4 Å². The fourth-order valence-corrected chi connectivity index (χ4v) is 2.21. The molecular weight excluding hydrogens is 248 g/mol. The van der Waals surface area contributed by atoms with Crippen LogP contribution in [0.15, 0.2) is 48.8 Å². The largest absolute Gasteiger partial charge is 0.380 e. The van der Waals surface area contributed by atoms with Crippen molar-refractivity contribution in [3.05, 3.63) is 60.0 Å². The molecule has 0 amide bonds. The van der Waals surface area contributed by atoms with Crippen molar-refractivity contribution in [2.45, 2.75) is 6.54 Å². The van der Waals surface area contributed by atoms with E-state index in [9.17, 15) is 0 Å². The van der Waals surface area contributed by atoms with Gasteiger partial charge in [-0.25, -0.2) is 0 Å². The Kier molecular flexibility index (Phi) is 3.10. The highest BCUT2D eigenvalue weighted by atomic mass is 14.9. The maximum Gasteiger partial charge on any atom is 0.120 e. The molecular formula is C16H14N4. The van der Waals surface area contributed by atoms with Gasteiger partial charge in [0.25, 0.3) is 0 Å². The molecule has 20 heavy (non-hydrogen) atoms. The maximum absolute atomic E-state index is 8.93. The second-order valence-corrected chi connectivity index (χ2v) is 4.73. The Morgan fingerprint density at radius 3 is 2.95 bits per heavy atom. The molecule has 1 N–H and O–H groups in total. The highest BCUT2D eigenvalue weighted by Crippen LogP contribution is 2.17. The Morgan fingerprint density at radius 2 is 2.15 bits per heavy atom. The Hall–Kier alpha value is -2.80. The van der Waals surface area contributed by atoms with Crippen LogP contribution in [0.25, 0.3) is 10.9 Å². The molecule has 2 heterocycles. The van der Waals surface area contributed by atoms with Crippen LogP contribution in [0, 0.1) is 11.3 Å². The summed E-state index contributed by atoms with van der Waals surface area (Å²) in [5.41, 5.74) is 3.71. The van der Waals surface area contributed by atoms with Crippen molar-refractivity contribution in [2.24, 2.45) is 7.05 Å². The summed E-state index contributed by atoms with van der Waals surface area (Å²) in [5.74, 6) is 0. The maximum atomic E-state index is 8.93. The number of hydrogen-bond donors (Lipinski definition) is 1. The van der Waals surface area contributed by atoms with Gasteiger partial charge >= 0.3 is 0 Å². The van der Waals surface area contributed by atoms with E-state index >= 15 is 0 Å². The second kappa shape index (κ2) is 5.06. The molecule has 0 atom stereocenters. The van der Waals surface area contributed by atoms with Gasteiger partial charge in [0.15, 0.2) is 0 Å². The van der Waals surface area contributed by atoms with Gasteiger partial charge in [-0.2, -0.15) is 5.26 Å². The van der Waals surface area contributed by atoms with Crippen molar-refractivity contribution >= 4 is 16.6 Å². The van der Waals surface area contributed by atoms with Gasteiger partial charge in [-0.05, 0) is 23.8 Å². The average Bonchev–Trinajstić information content (AvgIpc) is 2.85. The summed E-state index contributed by atoms with van der Waals surface area (Å²) in [5, 5.41) is 13.4. The van der Waals surface area contributed by atoms with Crippen LogP contribution in [0.4, 0.5) is 5.69 Å². The summed E-state index contributed by atoms with van der Waals surface area (Å²) in [6.45, 7) is 0.676. The monoisotopic (exact) mass is 262 g/mol. The van der Waals surface area contributed by atoms with E-state index in [2.05, 4.69) is 22.4 Å². The van der Waals surface area contributed by atoms with Crippen LogP contribution >= 0.6 is 0 Å². The predicted molar refractivity (Wildman–Crippen MR) is 79.2 cm³/mol. The number of anilines is 1. The Labute approximate surface area is 117 Å². The Balaban J connectivity index is 1.77. The fourth-order valence-electron chi connectivity index (χ4n) is 2.21. The van der Waals surface area contributed by atoms with Crippen molar-refractivity contribution < 1.29 is 0 Å². The molecule has 0 fully saturated rings. The summed E-state index contributed by atoms with van der Waals surface area (Å²) in [4.78, 5) is 4.41. The van der Waals surface area contributed by atoms with Gasteiger partial charge in [-0.15, -0.1) is 0 Å². The lowest BCUT2D eigenvalue weighted by Gasteiger charge is -2.05. The molecule has 4 heteroatoms. The molecule has 0 aliphatic carbocycles. The highest BCUT2D eigenvalue weighted by molar-refractivity contribution is 5.81. The number of nitrogens with one attached hydrogen (secondary N) is 1. The third kappa shape index (κ3) is 2.34. The van der Waals surface area contributed by atoms with Gasteiger partial charge in [0, 0.05) is 25.2 Å². The standard InChI is InChI=1S/C16H14N4/c1-20-11-12(6-15(20)8-17)9-18-14-7-13-4-2-3-5-16(13)19-10-14/h2-7,10-11,18H,9H2,1H3. The van der Waals surface area contributed by atoms with Crippen LogP contribution in [0.1, 0.15) is 11.3 Å². The van der Waals surface area contributed by atoms with Gasteiger partial charge < -0.3 is 9.88 Å². The molecule has 3 aromatic rings. The number of aromatic nitrogens is 2. The van der Waals surface area contributed by atoms with Gasteiger partial charge in [0.1, 0.15) is 11.8 Å². The fraction of sp³-hybridized carbons (Fsp3) is 0.125. The number of nitriles is 1. The number of fused-ring (bicyclic) bond motifs is 1. The van der Waals surface area contributed by atoms with Crippen LogP contribution in [0.3, 0.4) is 0 Å². The van der Waals surface area contributed by atoms with Crippen LogP contribution < -0.4 is 5.32 Å². The Morgan fingerprint density at radius 1 is 1.30 bits per heavy atom. The quantitative estimate of drug-likeness (QED) is 0.789. The summed E-state index contributed by atoms with van der Waals surface area (Å²) in [6.07, 6.45) is 3.79. The number of pyridine rings is 1. The van der Waals surface area contributed by atoms with Crippen molar-refractivity contribution in [1.82, 2.24) is 9.55 Å². The lowest BCUT2D eigenvalue weighted by Crippen LogP contribution is -1.98. The summed E-state index contributed by atoms with van der Waals surface area (Å²) < 4.78 is 1.83. The van der Waals surface area contributed by atoms with Crippen molar-refractivity contribution in [3.8, 4) is 6.07 Å². The number of hydrogen-bond acceptors (Lipinski definition) is 3. The molecule has 98 valence electrons. The van der Waals surface area contributed by atoms with Crippen molar-refractivity contribution in [1.29, 1.82) is 5.26 Å². The summed E-state index contributed by atoms with van der Waals surface area (Å²) in [7, 11) is 1.87. The number of benzene rings is 1. The van der Waals surface area contributed by atoms with E-state index in [4.69, 9.17) is 5.26 Å². The van der Waals surface area contributed by atoms with Crippen LogP contribution in [-0.2, 0) is 13.6 Å². The molecule has 2 aromatic heterocycles. The van der Waals surface area contributed by atoms with E-state index in [1.54, 1.807) is 0 Å². The number of aryl methyl sites for hydroxylation is 1. The SMILES string of the molecule is Cn1cc(CNc2cnc3ccccc3c2)cc1C#N. The molecule has 3 rings (SSSR count). The molecule has 0 saturated heterocycles. The zero-order chi connectivity index (χ0) is 13.9. The van der Waals surface area contributed by atoms with E-state index in [0.717, 1.165) is 22.2 Å². The Bertz CT molecular complexity index is 796. The van der Waals surface area contributed by atoms with Gasteiger partial charge in [-0.3, -0.25) is 4.98 Å². The number of nitrogens with zero attached hydrogens (tertiary/aromatic N) is 3. The lowest BCUT2D eigenvalue weighted by molar-refractivity contribution is 0.902. The molecule has 0 spiro atoms. The zero-order valence-corrected chi connectivity index (χ0v) is 11.2. The number of para-hydroxylation sites is 1. The molecule has 0 bridgehead atoms. The first-order valence-electron chi connectivity index (χ1n) is 6.40. The van der Waals surface area contributed by atoms with Crippen molar-refractivity contribution in [3.63, 3.8) is 0 Å². The molecule has 0 aliphatic heterocycles. The molecule has 4 nitrogen and oxygen atoms in total. The molecule has 0 aliphatic rings. The summed E-state index contributed by atoms with van der Waals surface area (Å²) in [6, 6.07) is 14.2. The molecule has 0 saturated carbocycles. The van der Waals surface area contributed by atoms with Crippen LogP contribution in [0.2, 0.25) is 0 Å². The normalized spacial score (nSPS) is 10.4. The highest BCUT2D eigenvalue weighted by Gasteiger charge is 2.02. The third-order valence-electron chi connectivity index (χ3n) is 3.26. The predicted octanol–water partition coefficient (Wildman–Crippen LogP) is 3.06.